The molecule has 0 fully saturated rings. The summed E-state index contributed by atoms with van der Waals surface area (Å²) < 4.78 is 5.85. The number of benzene rings is 2. The summed E-state index contributed by atoms with van der Waals surface area (Å²) >= 11 is 12.1. The molecular weight excluding hydrogens is 486 g/mol. The van der Waals surface area contributed by atoms with Crippen LogP contribution in [0.3, 0.4) is 0 Å². The number of rotatable bonds is 15. The number of halogens is 4. The fourth-order valence-corrected chi connectivity index (χ4v) is 3.73. The van der Waals surface area contributed by atoms with Gasteiger partial charge in [-0.2, -0.15) is 0 Å². The Kier molecular flexibility index (Phi) is 18.3. The summed E-state index contributed by atoms with van der Waals surface area (Å²) in [6, 6.07) is 13.7. The number of hydrogen-bond donors (Lipinski definition) is 1. The smallest absolute Gasteiger partial charge is 0.119 e. The van der Waals surface area contributed by atoms with E-state index in [1.807, 2.05) is 24.3 Å². The number of nitrogens with zero attached hydrogens (tertiary/aromatic N) is 1. The van der Waals surface area contributed by atoms with Crippen LogP contribution in [0.25, 0.3) is 0 Å². The maximum absolute atomic E-state index is 6.20. The molecule has 3 nitrogen and oxygen atoms in total. The first-order chi connectivity index (χ1) is 14.6. The van der Waals surface area contributed by atoms with Crippen molar-refractivity contribution >= 4 is 48.0 Å². The van der Waals surface area contributed by atoms with Crippen molar-refractivity contribution in [2.45, 2.75) is 59.1 Å². The molecule has 0 atom stereocenters. The molecule has 182 valence electrons. The van der Waals surface area contributed by atoms with E-state index in [0.717, 1.165) is 24.4 Å². The summed E-state index contributed by atoms with van der Waals surface area (Å²) in [7, 11) is 0. The Labute approximate surface area is 217 Å². The van der Waals surface area contributed by atoms with Crippen LogP contribution < -0.4 is 10.1 Å². The second-order valence-electron chi connectivity index (χ2n) is 7.75. The molecule has 0 saturated heterocycles. The molecule has 0 aliphatic heterocycles. The van der Waals surface area contributed by atoms with E-state index in [1.54, 1.807) is 6.07 Å². The molecule has 2 rings (SSSR count). The second kappa shape index (κ2) is 18.7. The zero-order chi connectivity index (χ0) is 21.6. The molecule has 0 radical (unpaired) electrons. The highest BCUT2D eigenvalue weighted by Gasteiger charge is 2.04. The highest BCUT2D eigenvalue weighted by atomic mass is 35.5. The summed E-state index contributed by atoms with van der Waals surface area (Å²) in [5, 5.41) is 4.83. The molecule has 0 saturated carbocycles. The van der Waals surface area contributed by atoms with Crippen LogP contribution >= 0.6 is 48.0 Å². The van der Waals surface area contributed by atoms with Crippen LogP contribution in [0.4, 0.5) is 0 Å². The molecule has 0 spiro atoms. The van der Waals surface area contributed by atoms with Gasteiger partial charge in [0, 0.05) is 22.2 Å². The van der Waals surface area contributed by atoms with Crippen molar-refractivity contribution in [1.29, 1.82) is 0 Å². The average Bonchev–Trinajstić information content (AvgIpc) is 2.75. The van der Waals surface area contributed by atoms with Gasteiger partial charge in [0.15, 0.2) is 0 Å². The van der Waals surface area contributed by atoms with Crippen LogP contribution in [-0.4, -0.2) is 31.1 Å². The summed E-state index contributed by atoms with van der Waals surface area (Å²) in [5.41, 5.74) is 2.19. The van der Waals surface area contributed by atoms with E-state index < -0.39 is 0 Å². The van der Waals surface area contributed by atoms with Gasteiger partial charge in [-0.3, -0.25) is 0 Å². The summed E-state index contributed by atoms with van der Waals surface area (Å²) in [6.45, 7) is 10.5. The molecule has 7 heteroatoms. The molecule has 32 heavy (non-hydrogen) atoms. The molecule has 0 unspecified atom stereocenters. The van der Waals surface area contributed by atoms with E-state index in [1.165, 1.54) is 57.3 Å². The Balaban J connectivity index is 0.00000480. The van der Waals surface area contributed by atoms with Gasteiger partial charge in [0.1, 0.15) is 12.4 Å². The lowest BCUT2D eigenvalue weighted by atomic mass is 10.2. The Hall–Kier alpha value is -0.680. The zero-order valence-corrected chi connectivity index (χ0v) is 22.4. The summed E-state index contributed by atoms with van der Waals surface area (Å²) in [4.78, 5) is 2.62. The van der Waals surface area contributed by atoms with Crippen LogP contribution in [0.15, 0.2) is 42.5 Å². The van der Waals surface area contributed by atoms with Gasteiger partial charge >= 0.3 is 0 Å². The highest BCUT2D eigenvalue weighted by molar-refractivity contribution is 6.35. The number of unbranched alkanes of at least 4 members (excludes halogenated alkanes) is 2. The lowest BCUT2D eigenvalue weighted by Crippen LogP contribution is -2.29. The Morgan fingerprint density at radius 1 is 0.844 bits per heavy atom. The van der Waals surface area contributed by atoms with Crippen molar-refractivity contribution in [2.24, 2.45) is 0 Å². The van der Waals surface area contributed by atoms with Crippen LogP contribution in [-0.2, 0) is 13.2 Å². The third kappa shape index (κ3) is 12.5. The monoisotopic (exact) mass is 522 g/mol. The largest absolute Gasteiger partial charge is 0.489 e. The molecule has 0 aliphatic carbocycles. The fraction of sp³-hybridized carbons (Fsp3) is 0.520. The van der Waals surface area contributed by atoms with Gasteiger partial charge in [0.2, 0.25) is 0 Å². The van der Waals surface area contributed by atoms with Gasteiger partial charge < -0.3 is 15.0 Å². The van der Waals surface area contributed by atoms with Gasteiger partial charge in [-0.05, 0) is 75.3 Å². The van der Waals surface area contributed by atoms with Crippen LogP contribution in [0.2, 0.25) is 10.0 Å². The molecule has 0 bridgehead atoms. The quantitative estimate of drug-likeness (QED) is 0.241. The molecule has 2 aromatic carbocycles. The molecule has 0 heterocycles. The first-order valence-electron chi connectivity index (χ1n) is 11.2. The molecule has 1 N–H and O–H groups in total. The lowest BCUT2D eigenvalue weighted by Gasteiger charge is -2.22. The Bertz CT molecular complexity index is 720. The van der Waals surface area contributed by atoms with E-state index in [4.69, 9.17) is 27.9 Å². The highest BCUT2D eigenvalue weighted by Crippen LogP contribution is 2.23. The molecular formula is C25H38Cl4N2O. The van der Waals surface area contributed by atoms with Gasteiger partial charge in [-0.1, -0.05) is 68.1 Å². The standard InChI is InChI=1S/C25H36Cl2N2O.2ClH/c1-3-5-15-29(16-6-4-2)17-7-14-28-19-21-8-12-24(13-9-21)30-20-22-10-11-23(26)18-25(22)27;;/h8-13,18,28H,3-7,14-17,19-20H2,1-2H3;2*1H. The van der Waals surface area contributed by atoms with Crippen LogP contribution in [0.1, 0.15) is 57.1 Å². The minimum Gasteiger partial charge on any atom is -0.489 e. The van der Waals surface area contributed by atoms with Crippen molar-refractivity contribution in [3.05, 3.63) is 63.6 Å². The van der Waals surface area contributed by atoms with Crippen LogP contribution in [0, 0.1) is 0 Å². The average molecular weight is 524 g/mol. The van der Waals surface area contributed by atoms with Gasteiger partial charge in [-0.25, -0.2) is 0 Å². The van der Waals surface area contributed by atoms with E-state index in [0.29, 0.717) is 16.7 Å². The van der Waals surface area contributed by atoms with Crippen molar-refractivity contribution in [3.63, 3.8) is 0 Å². The summed E-state index contributed by atoms with van der Waals surface area (Å²) in [6.07, 6.45) is 6.34. The second-order valence-corrected chi connectivity index (χ2v) is 8.59. The molecule has 0 aromatic heterocycles. The number of ether oxygens (including phenoxy) is 1. The van der Waals surface area contributed by atoms with Gasteiger partial charge in [0.05, 0.1) is 0 Å². The van der Waals surface area contributed by atoms with E-state index in [9.17, 15) is 0 Å². The topological polar surface area (TPSA) is 24.5 Å². The minimum atomic E-state index is 0. The first kappa shape index (κ1) is 31.3. The van der Waals surface area contributed by atoms with Crippen LogP contribution in [0.5, 0.6) is 5.75 Å². The third-order valence-electron chi connectivity index (χ3n) is 5.15. The Morgan fingerprint density at radius 3 is 2.06 bits per heavy atom. The van der Waals surface area contributed by atoms with Crippen molar-refractivity contribution in [2.75, 3.05) is 26.2 Å². The summed E-state index contributed by atoms with van der Waals surface area (Å²) in [5.74, 6) is 0.840. The first-order valence-corrected chi connectivity index (χ1v) is 12.0. The van der Waals surface area contributed by atoms with Gasteiger partial charge in [-0.15, -0.1) is 24.8 Å². The molecule has 0 aliphatic rings. The number of nitrogens with one attached hydrogen (secondary N) is 1. The molecule has 2 aromatic rings. The normalized spacial score (nSPS) is 10.5. The minimum absolute atomic E-state index is 0. The molecule has 0 amide bonds. The lowest BCUT2D eigenvalue weighted by molar-refractivity contribution is 0.261. The maximum atomic E-state index is 6.20. The van der Waals surface area contributed by atoms with E-state index in [2.05, 4.69) is 36.2 Å². The van der Waals surface area contributed by atoms with E-state index in [-0.39, 0.29) is 24.8 Å². The van der Waals surface area contributed by atoms with Gasteiger partial charge in [0.25, 0.3) is 0 Å². The number of hydrogen-bond acceptors (Lipinski definition) is 3. The predicted octanol–water partition coefficient (Wildman–Crippen LogP) is 7.80. The SMILES string of the molecule is CCCCN(CCCC)CCCNCc1ccc(OCc2ccc(Cl)cc2Cl)cc1.Cl.Cl. The maximum Gasteiger partial charge on any atom is 0.119 e. The van der Waals surface area contributed by atoms with Crippen molar-refractivity contribution < 1.29 is 4.74 Å². The predicted molar refractivity (Wildman–Crippen MR) is 144 cm³/mol. The fourth-order valence-electron chi connectivity index (χ4n) is 3.26. The van der Waals surface area contributed by atoms with E-state index >= 15 is 0 Å². The van der Waals surface area contributed by atoms with Crippen molar-refractivity contribution in [1.82, 2.24) is 10.2 Å². The van der Waals surface area contributed by atoms with Crippen molar-refractivity contribution in [3.8, 4) is 5.75 Å². The third-order valence-corrected chi connectivity index (χ3v) is 5.73. The Morgan fingerprint density at radius 2 is 1.47 bits per heavy atom. The zero-order valence-electron chi connectivity index (χ0n) is 19.2.